The van der Waals surface area contributed by atoms with Crippen molar-refractivity contribution in [2.45, 2.75) is 53.2 Å². The minimum Gasteiger partial charge on any atom is -0.444 e. The molecule has 0 aromatic heterocycles. The first-order chi connectivity index (χ1) is 17.9. The molecule has 0 spiro atoms. The van der Waals surface area contributed by atoms with E-state index in [9.17, 15) is 24.0 Å². The molecule has 202 valence electrons. The Morgan fingerprint density at radius 1 is 0.947 bits per heavy atom. The molecule has 5 amide bonds. The van der Waals surface area contributed by atoms with Gasteiger partial charge < -0.3 is 20.7 Å². The largest absolute Gasteiger partial charge is 0.444 e. The van der Waals surface area contributed by atoms with Crippen LogP contribution in [-0.4, -0.2) is 53.3 Å². The predicted octanol–water partition coefficient (Wildman–Crippen LogP) is 3.72. The number of nitrogens with zero attached hydrogens (tertiary/aromatic N) is 1. The van der Waals surface area contributed by atoms with Gasteiger partial charge in [0.1, 0.15) is 5.60 Å². The standard InChI is InChI=1S/C28H34N4O6/c1-17(2)16-32-25(35)20-11-10-18(14-21(20)26(32)36)24(34)30-15-19-8-6-7-9-22(19)31-23(33)12-13-29-27(37)38-28(3,4)5/h6-11,14,17H,12-13,15-16H2,1-5H3,(H,29,37)(H,30,34)(H,31,33). The number of hydrogen-bond acceptors (Lipinski definition) is 6. The van der Waals surface area contributed by atoms with Crippen LogP contribution in [0, 0.1) is 5.92 Å². The Bertz CT molecular complexity index is 1250. The fourth-order valence-electron chi connectivity index (χ4n) is 3.84. The summed E-state index contributed by atoms with van der Waals surface area (Å²) in [5.41, 5.74) is 1.33. The van der Waals surface area contributed by atoms with Crippen molar-refractivity contribution in [3.05, 3.63) is 64.7 Å². The number of para-hydroxylation sites is 1. The first kappa shape index (κ1) is 28.4. The van der Waals surface area contributed by atoms with Crippen LogP contribution in [0.2, 0.25) is 0 Å². The molecule has 1 aliphatic rings. The zero-order valence-electron chi connectivity index (χ0n) is 22.3. The molecule has 0 atom stereocenters. The number of alkyl carbamates (subject to hydrolysis) is 1. The Kier molecular flexibility index (Phi) is 8.88. The maximum Gasteiger partial charge on any atom is 0.407 e. The second kappa shape index (κ2) is 11.9. The molecule has 2 aromatic rings. The van der Waals surface area contributed by atoms with Crippen LogP contribution >= 0.6 is 0 Å². The third-order valence-corrected chi connectivity index (χ3v) is 5.53. The van der Waals surface area contributed by atoms with E-state index in [-0.39, 0.29) is 48.4 Å². The zero-order chi connectivity index (χ0) is 28.0. The molecule has 3 N–H and O–H groups in total. The SMILES string of the molecule is CC(C)CN1C(=O)c2ccc(C(=O)NCc3ccccc3NC(=O)CCNC(=O)OC(C)(C)C)cc2C1=O. The molecule has 3 rings (SSSR count). The molecule has 0 aliphatic carbocycles. The summed E-state index contributed by atoms with van der Waals surface area (Å²) in [5.74, 6) is -1.35. The minimum atomic E-state index is -0.628. The second-order valence-corrected chi connectivity index (χ2v) is 10.4. The lowest BCUT2D eigenvalue weighted by Gasteiger charge is -2.19. The van der Waals surface area contributed by atoms with Crippen LogP contribution in [0.15, 0.2) is 42.5 Å². The highest BCUT2D eigenvalue weighted by Crippen LogP contribution is 2.25. The van der Waals surface area contributed by atoms with Gasteiger partial charge in [-0.05, 0) is 56.5 Å². The number of amides is 5. The van der Waals surface area contributed by atoms with Gasteiger partial charge in [0.05, 0.1) is 11.1 Å². The Balaban J connectivity index is 1.58. The van der Waals surface area contributed by atoms with E-state index >= 15 is 0 Å². The molecule has 0 saturated carbocycles. The molecule has 1 aliphatic heterocycles. The van der Waals surface area contributed by atoms with Gasteiger partial charge in [-0.2, -0.15) is 0 Å². The van der Waals surface area contributed by atoms with E-state index < -0.39 is 23.5 Å². The monoisotopic (exact) mass is 522 g/mol. The van der Waals surface area contributed by atoms with E-state index in [1.165, 1.54) is 23.1 Å². The van der Waals surface area contributed by atoms with E-state index in [1.807, 2.05) is 13.8 Å². The smallest absolute Gasteiger partial charge is 0.407 e. The topological polar surface area (TPSA) is 134 Å². The van der Waals surface area contributed by atoms with Crippen LogP contribution < -0.4 is 16.0 Å². The van der Waals surface area contributed by atoms with Crippen molar-refractivity contribution in [1.29, 1.82) is 0 Å². The molecular formula is C28H34N4O6. The Morgan fingerprint density at radius 3 is 2.32 bits per heavy atom. The van der Waals surface area contributed by atoms with Gasteiger partial charge in [0, 0.05) is 37.3 Å². The summed E-state index contributed by atoms with van der Waals surface area (Å²) in [7, 11) is 0. The van der Waals surface area contributed by atoms with Crippen molar-refractivity contribution >= 4 is 35.4 Å². The predicted molar refractivity (Wildman–Crippen MR) is 142 cm³/mol. The summed E-state index contributed by atoms with van der Waals surface area (Å²) in [6.45, 7) is 9.63. The van der Waals surface area contributed by atoms with E-state index in [2.05, 4.69) is 16.0 Å². The van der Waals surface area contributed by atoms with E-state index in [4.69, 9.17) is 4.74 Å². The highest BCUT2D eigenvalue weighted by atomic mass is 16.6. The highest BCUT2D eigenvalue weighted by Gasteiger charge is 2.36. The number of benzene rings is 2. The number of imide groups is 1. The van der Waals surface area contributed by atoms with Gasteiger partial charge in [0.2, 0.25) is 5.91 Å². The van der Waals surface area contributed by atoms with Gasteiger partial charge >= 0.3 is 6.09 Å². The second-order valence-electron chi connectivity index (χ2n) is 10.4. The lowest BCUT2D eigenvalue weighted by molar-refractivity contribution is -0.116. The fraction of sp³-hybridized carbons (Fsp3) is 0.393. The van der Waals surface area contributed by atoms with Crippen LogP contribution in [0.5, 0.6) is 0 Å². The minimum absolute atomic E-state index is 0.0373. The van der Waals surface area contributed by atoms with Gasteiger partial charge in [-0.1, -0.05) is 32.0 Å². The number of ether oxygens (including phenoxy) is 1. The van der Waals surface area contributed by atoms with E-state index in [1.54, 1.807) is 45.0 Å². The number of anilines is 1. The summed E-state index contributed by atoms with van der Waals surface area (Å²) in [5, 5.41) is 8.12. The van der Waals surface area contributed by atoms with Gasteiger partial charge in [-0.25, -0.2) is 4.79 Å². The Morgan fingerprint density at radius 2 is 1.63 bits per heavy atom. The van der Waals surface area contributed by atoms with Crippen molar-refractivity contribution in [2.24, 2.45) is 5.92 Å². The lowest BCUT2D eigenvalue weighted by Crippen LogP contribution is -2.34. The fourth-order valence-corrected chi connectivity index (χ4v) is 3.84. The summed E-state index contributed by atoms with van der Waals surface area (Å²) < 4.78 is 5.14. The highest BCUT2D eigenvalue weighted by molar-refractivity contribution is 6.22. The van der Waals surface area contributed by atoms with Crippen LogP contribution in [0.4, 0.5) is 10.5 Å². The molecular weight excluding hydrogens is 488 g/mol. The summed E-state index contributed by atoms with van der Waals surface area (Å²) in [4.78, 5) is 63.5. The molecule has 0 fully saturated rings. The third-order valence-electron chi connectivity index (χ3n) is 5.53. The van der Waals surface area contributed by atoms with Crippen molar-refractivity contribution in [2.75, 3.05) is 18.4 Å². The van der Waals surface area contributed by atoms with E-state index in [0.717, 1.165) is 0 Å². The molecule has 38 heavy (non-hydrogen) atoms. The first-order valence-electron chi connectivity index (χ1n) is 12.5. The summed E-state index contributed by atoms with van der Waals surface area (Å²) in [6.07, 6.45) is -0.561. The van der Waals surface area contributed by atoms with Crippen molar-refractivity contribution in [3.63, 3.8) is 0 Å². The normalized spacial score (nSPS) is 12.8. The molecule has 0 saturated heterocycles. The van der Waals surface area contributed by atoms with E-state index in [0.29, 0.717) is 23.4 Å². The number of carbonyl (C=O) groups is 5. The number of carbonyl (C=O) groups excluding carboxylic acids is 5. The van der Waals surface area contributed by atoms with Crippen LogP contribution in [-0.2, 0) is 16.1 Å². The summed E-state index contributed by atoms with van der Waals surface area (Å²) >= 11 is 0. The Labute approximate surface area is 222 Å². The average molecular weight is 523 g/mol. The number of nitrogens with one attached hydrogen (secondary N) is 3. The zero-order valence-corrected chi connectivity index (χ0v) is 22.3. The van der Waals surface area contributed by atoms with Gasteiger partial charge in [-0.3, -0.25) is 24.1 Å². The maximum absolute atomic E-state index is 12.8. The lowest BCUT2D eigenvalue weighted by atomic mass is 10.1. The molecule has 2 aromatic carbocycles. The van der Waals surface area contributed by atoms with Crippen LogP contribution in [0.3, 0.4) is 0 Å². The first-order valence-corrected chi connectivity index (χ1v) is 12.5. The molecule has 0 unspecified atom stereocenters. The average Bonchev–Trinajstić information content (AvgIpc) is 3.06. The van der Waals surface area contributed by atoms with Crippen molar-refractivity contribution in [3.8, 4) is 0 Å². The van der Waals surface area contributed by atoms with Crippen molar-refractivity contribution < 1.29 is 28.7 Å². The molecule has 10 nitrogen and oxygen atoms in total. The van der Waals surface area contributed by atoms with Gasteiger partial charge in [0.25, 0.3) is 17.7 Å². The Hall–Kier alpha value is -4.21. The van der Waals surface area contributed by atoms with Gasteiger partial charge in [0.15, 0.2) is 0 Å². The van der Waals surface area contributed by atoms with Gasteiger partial charge in [-0.15, -0.1) is 0 Å². The maximum atomic E-state index is 12.8. The molecule has 1 heterocycles. The molecule has 0 radical (unpaired) electrons. The summed E-state index contributed by atoms with van der Waals surface area (Å²) in [6, 6.07) is 11.5. The third kappa shape index (κ3) is 7.41. The number of rotatable bonds is 9. The van der Waals surface area contributed by atoms with Crippen molar-refractivity contribution in [1.82, 2.24) is 15.5 Å². The quantitative estimate of drug-likeness (QED) is 0.430. The molecule has 10 heteroatoms. The van der Waals surface area contributed by atoms with Crippen LogP contribution in [0.1, 0.15) is 77.7 Å². The molecule has 0 bridgehead atoms. The number of fused-ring (bicyclic) bond motifs is 1. The number of hydrogen-bond donors (Lipinski definition) is 3. The van der Waals surface area contributed by atoms with Crippen LogP contribution in [0.25, 0.3) is 0 Å².